The largest absolute Gasteiger partial charge is 0.394 e. The van der Waals surface area contributed by atoms with E-state index in [1.807, 2.05) is 0 Å². The molecule has 0 amide bonds. The fourth-order valence-corrected chi connectivity index (χ4v) is 8.56. The molecule has 7 heteroatoms. The first-order valence-electron chi connectivity index (χ1n) is 12.7. The topological polar surface area (TPSA) is 116 Å². The van der Waals surface area contributed by atoms with Gasteiger partial charge in [-0.25, -0.2) is 0 Å². The van der Waals surface area contributed by atoms with Gasteiger partial charge in [0.05, 0.1) is 12.7 Å². The van der Waals surface area contributed by atoms with Gasteiger partial charge in [-0.1, -0.05) is 13.8 Å². The van der Waals surface area contributed by atoms with E-state index in [1.165, 1.54) is 6.42 Å². The standard InChI is InChI=1S/C25H40O7/c1-24-9-7-14(27)11-13(24)3-4-15-16-5-6-19(25(16,2)10-8-17(15)24)32-23-22(30)21(29)20(28)18(12-26)31-23/h13,15-23,26,28-30H,3-12H2,1-2H3/t13-,15-,16-,17-,18-,19-,20-,21+,22-,23+,24-,25-/m0/s1. The number of carbonyl (C=O) groups is 1. The van der Waals surface area contributed by atoms with E-state index in [4.69, 9.17) is 9.47 Å². The Morgan fingerprint density at radius 3 is 2.44 bits per heavy atom. The van der Waals surface area contributed by atoms with Crippen molar-refractivity contribution >= 4 is 5.78 Å². The van der Waals surface area contributed by atoms with Gasteiger partial charge in [0.2, 0.25) is 0 Å². The molecule has 4 saturated carbocycles. The normalized spacial score (nSPS) is 55.8. The van der Waals surface area contributed by atoms with Gasteiger partial charge in [0.25, 0.3) is 0 Å². The molecule has 4 N–H and O–H groups in total. The molecule has 1 aliphatic heterocycles. The Morgan fingerprint density at radius 2 is 1.69 bits per heavy atom. The molecule has 12 atom stereocenters. The summed E-state index contributed by atoms with van der Waals surface area (Å²) in [6.07, 6.45) is 2.84. The highest BCUT2D eigenvalue weighted by atomic mass is 16.7. The van der Waals surface area contributed by atoms with Gasteiger partial charge in [0.1, 0.15) is 30.2 Å². The molecule has 1 saturated heterocycles. The number of fused-ring (bicyclic) bond motifs is 5. The van der Waals surface area contributed by atoms with E-state index in [9.17, 15) is 25.2 Å². The maximum Gasteiger partial charge on any atom is 0.186 e. The van der Waals surface area contributed by atoms with E-state index >= 15 is 0 Å². The van der Waals surface area contributed by atoms with E-state index < -0.39 is 37.3 Å². The third kappa shape index (κ3) is 3.42. The zero-order chi connectivity index (χ0) is 22.8. The van der Waals surface area contributed by atoms with Gasteiger partial charge in [-0.15, -0.1) is 0 Å². The van der Waals surface area contributed by atoms with Crippen molar-refractivity contribution in [3.63, 3.8) is 0 Å². The first-order chi connectivity index (χ1) is 15.2. The molecule has 0 radical (unpaired) electrons. The number of rotatable bonds is 3. The van der Waals surface area contributed by atoms with Gasteiger partial charge < -0.3 is 29.9 Å². The zero-order valence-corrected chi connectivity index (χ0v) is 19.4. The van der Waals surface area contributed by atoms with Crippen LogP contribution in [0.2, 0.25) is 0 Å². The maximum absolute atomic E-state index is 12.1. The summed E-state index contributed by atoms with van der Waals surface area (Å²) < 4.78 is 12.0. The highest BCUT2D eigenvalue weighted by Crippen LogP contribution is 2.66. The fourth-order valence-electron chi connectivity index (χ4n) is 8.56. The average molecular weight is 453 g/mol. The third-order valence-corrected chi connectivity index (χ3v) is 10.5. The van der Waals surface area contributed by atoms with Gasteiger partial charge >= 0.3 is 0 Å². The van der Waals surface area contributed by atoms with E-state index in [0.717, 1.165) is 51.4 Å². The maximum atomic E-state index is 12.1. The Kier molecular flexibility index (Phi) is 6.00. The lowest BCUT2D eigenvalue weighted by molar-refractivity contribution is -0.319. The number of ketones is 1. The summed E-state index contributed by atoms with van der Waals surface area (Å²) >= 11 is 0. The Hall–Kier alpha value is -0.570. The lowest BCUT2D eigenvalue weighted by Crippen LogP contribution is -2.60. The number of hydrogen-bond donors (Lipinski definition) is 4. The van der Waals surface area contributed by atoms with Crippen LogP contribution >= 0.6 is 0 Å². The summed E-state index contributed by atoms with van der Waals surface area (Å²) in [5.41, 5.74) is 0.252. The summed E-state index contributed by atoms with van der Waals surface area (Å²) in [6, 6.07) is 0. The lowest BCUT2D eigenvalue weighted by Gasteiger charge is -2.60. The Morgan fingerprint density at radius 1 is 0.938 bits per heavy atom. The van der Waals surface area contributed by atoms with Gasteiger partial charge in [0, 0.05) is 12.8 Å². The molecule has 7 nitrogen and oxygen atoms in total. The SMILES string of the molecule is C[C@]12CCC(=O)C[C@@H]1CC[C@@H]1[C@@H]2CC[C@]2(C)[C@@H](O[C@H]3O[C@@H](CO)[C@H](O)[C@@H](O)[C@@H]3O)CC[C@@H]12. The van der Waals surface area contributed by atoms with Crippen molar-refractivity contribution in [2.45, 2.75) is 108 Å². The number of aliphatic hydroxyl groups excluding tert-OH is 4. The summed E-state index contributed by atoms with van der Waals surface area (Å²) in [5, 5.41) is 40.2. The van der Waals surface area contributed by atoms with Crippen LogP contribution in [0.4, 0.5) is 0 Å². The van der Waals surface area contributed by atoms with Crippen molar-refractivity contribution in [1.82, 2.24) is 0 Å². The third-order valence-electron chi connectivity index (χ3n) is 10.5. The lowest BCUT2D eigenvalue weighted by atomic mass is 9.45. The van der Waals surface area contributed by atoms with Gasteiger partial charge in [-0.3, -0.25) is 4.79 Å². The molecule has 0 aromatic rings. The molecule has 32 heavy (non-hydrogen) atoms. The molecule has 182 valence electrons. The first kappa shape index (κ1) is 23.2. The summed E-state index contributed by atoms with van der Waals surface area (Å²) in [7, 11) is 0. The van der Waals surface area contributed by atoms with Crippen LogP contribution in [0.15, 0.2) is 0 Å². The molecule has 5 aliphatic rings. The minimum Gasteiger partial charge on any atom is -0.394 e. The predicted octanol–water partition coefficient (Wildman–Crippen LogP) is 1.78. The van der Waals surface area contributed by atoms with Crippen LogP contribution in [0.25, 0.3) is 0 Å². The number of aliphatic hydroxyl groups is 4. The average Bonchev–Trinajstić information content (AvgIpc) is 3.10. The summed E-state index contributed by atoms with van der Waals surface area (Å²) in [5.74, 6) is 2.84. The van der Waals surface area contributed by atoms with Crippen molar-refractivity contribution in [2.24, 2.45) is 34.5 Å². The smallest absolute Gasteiger partial charge is 0.186 e. The molecular formula is C25H40O7. The number of carbonyl (C=O) groups excluding carboxylic acids is 1. The summed E-state index contributed by atoms with van der Waals surface area (Å²) in [6.45, 7) is 4.32. The number of hydrogen-bond acceptors (Lipinski definition) is 7. The number of Topliss-reactive ketones (excluding diaryl/α,β-unsaturated/α-hetero) is 1. The highest BCUT2D eigenvalue weighted by Gasteiger charge is 2.61. The zero-order valence-electron chi connectivity index (χ0n) is 19.4. The number of ether oxygens (including phenoxy) is 2. The molecule has 4 aliphatic carbocycles. The van der Waals surface area contributed by atoms with E-state index in [0.29, 0.717) is 29.5 Å². The van der Waals surface area contributed by atoms with Crippen LogP contribution in [-0.4, -0.2) is 69.6 Å². The Balaban J connectivity index is 1.32. The predicted molar refractivity (Wildman–Crippen MR) is 115 cm³/mol. The van der Waals surface area contributed by atoms with Gasteiger partial charge in [0.15, 0.2) is 6.29 Å². The van der Waals surface area contributed by atoms with Gasteiger partial charge in [-0.05, 0) is 79.4 Å². The minimum atomic E-state index is -1.41. The van der Waals surface area contributed by atoms with E-state index in [-0.39, 0.29) is 16.9 Å². The quantitative estimate of drug-likeness (QED) is 0.516. The van der Waals surface area contributed by atoms with Gasteiger partial charge in [-0.2, -0.15) is 0 Å². The molecule has 0 aromatic heterocycles. The van der Waals surface area contributed by atoms with Crippen LogP contribution in [0.1, 0.15) is 71.6 Å². The van der Waals surface area contributed by atoms with Crippen molar-refractivity contribution in [3.05, 3.63) is 0 Å². The monoisotopic (exact) mass is 452 g/mol. The Labute approximate surface area is 190 Å². The van der Waals surface area contributed by atoms with E-state index in [2.05, 4.69) is 13.8 Å². The molecule has 0 unspecified atom stereocenters. The molecule has 5 rings (SSSR count). The van der Waals surface area contributed by atoms with Crippen molar-refractivity contribution < 1.29 is 34.7 Å². The van der Waals surface area contributed by atoms with Crippen molar-refractivity contribution in [3.8, 4) is 0 Å². The molecule has 0 spiro atoms. The van der Waals surface area contributed by atoms with E-state index in [1.54, 1.807) is 0 Å². The highest BCUT2D eigenvalue weighted by molar-refractivity contribution is 5.79. The second-order valence-corrected chi connectivity index (χ2v) is 11.8. The van der Waals surface area contributed by atoms with Crippen LogP contribution in [0.3, 0.4) is 0 Å². The van der Waals surface area contributed by atoms with Crippen LogP contribution in [0.5, 0.6) is 0 Å². The molecular weight excluding hydrogens is 412 g/mol. The van der Waals surface area contributed by atoms with Crippen LogP contribution in [0, 0.1) is 34.5 Å². The molecule has 0 aromatic carbocycles. The van der Waals surface area contributed by atoms with Crippen molar-refractivity contribution in [1.29, 1.82) is 0 Å². The molecule has 0 bridgehead atoms. The Bertz CT molecular complexity index is 727. The first-order valence-corrected chi connectivity index (χ1v) is 12.7. The summed E-state index contributed by atoms with van der Waals surface area (Å²) in [4.78, 5) is 12.1. The molecule has 5 fully saturated rings. The second kappa shape index (κ2) is 8.28. The second-order valence-electron chi connectivity index (χ2n) is 11.8. The molecule has 1 heterocycles. The van der Waals surface area contributed by atoms with Crippen LogP contribution in [-0.2, 0) is 14.3 Å². The van der Waals surface area contributed by atoms with Crippen LogP contribution < -0.4 is 0 Å². The fraction of sp³-hybridized carbons (Fsp3) is 0.960. The minimum absolute atomic E-state index is 0.0202. The van der Waals surface area contributed by atoms with Crippen molar-refractivity contribution in [2.75, 3.05) is 6.61 Å².